The van der Waals surface area contributed by atoms with Gasteiger partial charge in [0.25, 0.3) is 0 Å². The average molecular weight is 350 g/mol. The van der Waals surface area contributed by atoms with Crippen LogP contribution in [0.25, 0.3) is 0 Å². The molecular weight excluding hydrogens is 342 g/mol. The van der Waals surface area contributed by atoms with E-state index < -0.39 is 51.0 Å². The van der Waals surface area contributed by atoms with E-state index in [2.05, 4.69) is 0 Å². The number of hydrogen-bond donors (Lipinski definition) is 1. The minimum Gasteiger partial charge on any atom is -0.480 e. The van der Waals surface area contributed by atoms with Crippen LogP contribution < -0.4 is 0 Å². The Hall–Kier alpha value is -1.39. The van der Waals surface area contributed by atoms with Crippen molar-refractivity contribution in [3.8, 4) is 0 Å². The van der Waals surface area contributed by atoms with Gasteiger partial charge in [-0.2, -0.15) is 17.5 Å². The molecule has 0 atom stereocenters. The third-order valence-corrected chi connectivity index (χ3v) is 4.27. The smallest absolute Gasteiger partial charge is 0.402 e. The molecule has 118 valence electrons. The summed E-state index contributed by atoms with van der Waals surface area (Å²) in [6, 6.07) is 1.96. The zero-order chi connectivity index (χ0) is 16.4. The molecule has 0 unspecified atom stereocenters. The Balaban J connectivity index is 3.25. The van der Waals surface area contributed by atoms with Crippen LogP contribution in [0.15, 0.2) is 23.1 Å². The largest absolute Gasteiger partial charge is 0.480 e. The molecule has 0 aliphatic carbocycles. The Morgan fingerprint density at radius 3 is 2.33 bits per heavy atom. The van der Waals surface area contributed by atoms with Crippen LogP contribution in [0.5, 0.6) is 0 Å². The molecule has 0 fully saturated rings. The highest BCUT2D eigenvalue weighted by Gasteiger charge is 2.38. The zero-order valence-corrected chi connectivity index (χ0v) is 11.6. The van der Waals surface area contributed by atoms with Crippen molar-refractivity contribution < 1.29 is 35.9 Å². The molecule has 1 N–H and O–H groups in total. The number of alkyl halides is 3. The number of carboxylic acid groups (broad SMARTS) is 1. The second-order valence-corrected chi connectivity index (χ2v) is 6.20. The number of halogens is 5. The van der Waals surface area contributed by atoms with Gasteiger partial charge in [-0.15, -0.1) is 0 Å². The van der Waals surface area contributed by atoms with E-state index >= 15 is 0 Å². The molecular formula is C10H8ClF4NO4S. The van der Waals surface area contributed by atoms with Crippen molar-refractivity contribution in [2.75, 3.05) is 13.1 Å². The molecule has 0 saturated carbocycles. The van der Waals surface area contributed by atoms with Gasteiger partial charge >= 0.3 is 12.1 Å². The van der Waals surface area contributed by atoms with Gasteiger partial charge in [-0.3, -0.25) is 4.79 Å². The van der Waals surface area contributed by atoms with Gasteiger partial charge in [-0.25, -0.2) is 12.8 Å². The van der Waals surface area contributed by atoms with Crippen LogP contribution in [0.2, 0.25) is 5.02 Å². The fraction of sp³-hybridized carbons (Fsp3) is 0.300. The van der Waals surface area contributed by atoms with E-state index in [4.69, 9.17) is 16.7 Å². The van der Waals surface area contributed by atoms with Crippen LogP contribution in [0.4, 0.5) is 17.6 Å². The van der Waals surface area contributed by atoms with Crippen LogP contribution in [-0.2, 0) is 14.8 Å². The van der Waals surface area contributed by atoms with Crippen molar-refractivity contribution in [3.05, 3.63) is 29.0 Å². The van der Waals surface area contributed by atoms with Gasteiger partial charge in [0.1, 0.15) is 18.9 Å². The van der Waals surface area contributed by atoms with E-state index in [1.54, 1.807) is 0 Å². The third kappa shape index (κ3) is 4.83. The predicted molar refractivity (Wildman–Crippen MR) is 63.9 cm³/mol. The first-order valence-corrected chi connectivity index (χ1v) is 6.99. The lowest BCUT2D eigenvalue weighted by atomic mass is 10.3. The molecule has 0 amide bonds. The summed E-state index contributed by atoms with van der Waals surface area (Å²) in [7, 11) is -4.79. The van der Waals surface area contributed by atoms with Gasteiger partial charge < -0.3 is 5.11 Å². The Bertz CT molecular complexity index is 647. The minimum atomic E-state index is -4.94. The van der Waals surface area contributed by atoms with E-state index in [0.717, 1.165) is 0 Å². The maximum Gasteiger partial charge on any atom is 0.402 e. The monoisotopic (exact) mass is 349 g/mol. The normalized spacial score (nSPS) is 12.7. The number of nitrogens with zero attached hydrogens (tertiary/aromatic N) is 1. The van der Waals surface area contributed by atoms with Crippen molar-refractivity contribution >= 4 is 27.6 Å². The quantitative estimate of drug-likeness (QED) is 0.826. The summed E-state index contributed by atoms with van der Waals surface area (Å²) in [5.74, 6) is -2.73. The SMILES string of the molecule is O=C(O)CN(CC(F)(F)F)S(=O)(=O)c1ccc(F)c(Cl)c1. The van der Waals surface area contributed by atoms with Gasteiger partial charge in [0, 0.05) is 0 Å². The van der Waals surface area contributed by atoms with Gasteiger partial charge in [0.05, 0.1) is 9.92 Å². The standard InChI is InChI=1S/C10H8ClF4NO4S/c11-7-3-6(1-2-8(7)12)21(19,20)16(4-9(17)18)5-10(13,14)15/h1-3H,4-5H2,(H,17,18). The lowest BCUT2D eigenvalue weighted by molar-refractivity contribution is -0.146. The van der Waals surface area contributed by atoms with Crippen molar-refractivity contribution in [1.29, 1.82) is 0 Å². The summed E-state index contributed by atoms with van der Waals surface area (Å²) in [6.07, 6.45) is -4.94. The summed E-state index contributed by atoms with van der Waals surface area (Å²) in [5.41, 5.74) is 0. The van der Waals surface area contributed by atoms with Crippen LogP contribution in [-0.4, -0.2) is 43.1 Å². The van der Waals surface area contributed by atoms with Crippen molar-refractivity contribution in [1.82, 2.24) is 4.31 Å². The fourth-order valence-electron chi connectivity index (χ4n) is 1.36. The minimum absolute atomic E-state index is 0.279. The maximum atomic E-state index is 13.0. The molecule has 1 aromatic carbocycles. The number of sulfonamides is 1. The second kappa shape index (κ2) is 6.16. The maximum absolute atomic E-state index is 13.0. The van der Waals surface area contributed by atoms with E-state index in [-0.39, 0.29) is 4.31 Å². The molecule has 0 bridgehead atoms. The van der Waals surface area contributed by atoms with Crippen LogP contribution >= 0.6 is 11.6 Å². The second-order valence-electron chi connectivity index (χ2n) is 3.86. The molecule has 1 aromatic rings. The first-order chi connectivity index (χ1) is 9.43. The lowest BCUT2D eigenvalue weighted by Crippen LogP contribution is -2.41. The number of benzene rings is 1. The third-order valence-electron chi connectivity index (χ3n) is 2.20. The molecule has 11 heteroatoms. The van der Waals surface area contributed by atoms with E-state index in [1.165, 1.54) is 0 Å². The van der Waals surface area contributed by atoms with Crippen molar-refractivity contribution in [3.63, 3.8) is 0 Å². The topological polar surface area (TPSA) is 74.7 Å². The summed E-state index contributed by atoms with van der Waals surface area (Å²) in [5, 5.41) is 7.92. The number of rotatable bonds is 5. The van der Waals surface area contributed by atoms with E-state index in [9.17, 15) is 30.8 Å². The first-order valence-electron chi connectivity index (χ1n) is 5.17. The zero-order valence-electron chi connectivity index (χ0n) is 10.1. The number of hydrogen-bond acceptors (Lipinski definition) is 3. The average Bonchev–Trinajstić information content (AvgIpc) is 2.29. The van der Waals surface area contributed by atoms with Gasteiger partial charge in [-0.1, -0.05) is 11.6 Å². The molecule has 0 aliphatic rings. The highest BCUT2D eigenvalue weighted by Crippen LogP contribution is 2.25. The molecule has 21 heavy (non-hydrogen) atoms. The number of aliphatic carboxylic acids is 1. The molecule has 0 heterocycles. The van der Waals surface area contributed by atoms with Gasteiger partial charge in [0.15, 0.2) is 0 Å². The molecule has 0 aliphatic heterocycles. The number of carbonyl (C=O) groups is 1. The van der Waals surface area contributed by atoms with Crippen molar-refractivity contribution in [2.24, 2.45) is 0 Å². The Morgan fingerprint density at radius 2 is 1.90 bits per heavy atom. The molecule has 0 saturated heterocycles. The van der Waals surface area contributed by atoms with Crippen LogP contribution in [0.3, 0.4) is 0 Å². The summed E-state index contributed by atoms with van der Waals surface area (Å²) >= 11 is 5.37. The highest BCUT2D eigenvalue weighted by molar-refractivity contribution is 7.89. The fourth-order valence-corrected chi connectivity index (χ4v) is 3.01. The summed E-state index contributed by atoms with van der Waals surface area (Å²) in [6.45, 7) is -3.38. The van der Waals surface area contributed by atoms with E-state index in [1.807, 2.05) is 0 Å². The Morgan fingerprint density at radius 1 is 1.33 bits per heavy atom. The molecule has 5 nitrogen and oxygen atoms in total. The first kappa shape index (κ1) is 17.7. The summed E-state index contributed by atoms with van der Waals surface area (Å²) in [4.78, 5) is 9.80. The van der Waals surface area contributed by atoms with Gasteiger partial charge in [-0.05, 0) is 18.2 Å². The molecule has 1 rings (SSSR count). The Labute approximate surface area is 121 Å². The lowest BCUT2D eigenvalue weighted by Gasteiger charge is -2.21. The number of carboxylic acids is 1. The van der Waals surface area contributed by atoms with E-state index in [0.29, 0.717) is 18.2 Å². The summed E-state index contributed by atoms with van der Waals surface area (Å²) < 4.78 is 73.7. The van der Waals surface area contributed by atoms with Crippen LogP contribution in [0.1, 0.15) is 0 Å². The highest BCUT2D eigenvalue weighted by atomic mass is 35.5. The Kier molecular flexibility index (Phi) is 5.18. The predicted octanol–water partition coefficient (Wildman–Crippen LogP) is 2.12. The van der Waals surface area contributed by atoms with Crippen LogP contribution in [0, 0.1) is 5.82 Å². The molecule has 0 spiro atoms. The molecule has 0 radical (unpaired) electrons. The molecule has 0 aromatic heterocycles. The van der Waals surface area contributed by atoms with Gasteiger partial charge in [0.2, 0.25) is 10.0 Å². The van der Waals surface area contributed by atoms with Crippen molar-refractivity contribution in [2.45, 2.75) is 11.1 Å².